The topological polar surface area (TPSA) is 104 Å². The predicted octanol–water partition coefficient (Wildman–Crippen LogP) is 5.90. The van der Waals surface area contributed by atoms with Crippen molar-refractivity contribution in [3.05, 3.63) is 77.1 Å². The van der Waals surface area contributed by atoms with Crippen molar-refractivity contribution in [2.24, 2.45) is 5.41 Å². The number of hydrogen-bond donors (Lipinski definition) is 1. The highest BCUT2D eigenvalue weighted by molar-refractivity contribution is 6.07. The van der Waals surface area contributed by atoms with Gasteiger partial charge in [0.1, 0.15) is 18.0 Å². The van der Waals surface area contributed by atoms with E-state index in [9.17, 15) is 24.3 Å². The second kappa shape index (κ2) is 10.4. The van der Waals surface area contributed by atoms with Gasteiger partial charge in [-0.3, -0.25) is 14.6 Å². The number of pyridine rings is 1. The van der Waals surface area contributed by atoms with Gasteiger partial charge in [-0.15, -0.1) is 0 Å². The molecule has 0 radical (unpaired) electrons. The number of carbonyl (C=O) groups excluding carboxylic acids is 1. The minimum atomic E-state index is -1.70. The second-order valence-corrected chi connectivity index (χ2v) is 10.0. The van der Waals surface area contributed by atoms with Crippen LogP contribution in [0.2, 0.25) is 0 Å². The number of aryl methyl sites for hydroxylation is 1. The molecule has 1 heterocycles. The van der Waals surface area contributed by atoms with E-state index in [2.05, 4.69) is 11.1 Å². The number of carboxylic acid groups (broad SMARTS) is 1. The van der Waals surface area contributed by atoms with Gasteiger partial charge < -0.3 is 14.7 Å². The molecule has 1 amide bonds. The molecule has 8 heteroatoms. The Morgan fingerprint density at radius 2 is 1.78 bits per heavy atom. The number of para-hydroxylation sites is 2. The normalized spacial score (nSPS) is 11.5. The van der Waals surface area contributed by atoms with Crippen LogP contribution in [-0.4, -0.2) is 35.6 Å². The molecule has 0 saturated heterocycles. The number of alkyl halides is 1. The molecule has 3 rings (SSSR count). The summed E-state index contributed by atoms with van der Waals surface area (Å²) in [6, 6.07) is 15.6. The van der Waals surface area contributed by atoms with Crippen LogP contribution in [0.3, 0.4) is 0 Å². The molecule has 2 aromatic carbocycles. The van der Waals surface area contributed by atoms with Gasteiger partial charge in [0.05, 0.1) is 28.4 Å². The highest BCUT2D eigenvalue weighted by Gasteiger charge is 2.29. The molecule has 3 aromatic rings. The highest BCUT2D eigenvalue weighted by Crippen LogP contribution is 2.33. The summed E-state index contributed by atoms with van der Waals surface area (Å²) in [4.78, 5) is 30.6. The lowest BCUT2D eigenvalue weighted by atomic mass is 9.94. The number of ether oxygens (including phenoxy) is 1. The molecule has 0 unspecified atom stereocenters. The van der Waals surface area contributed by atoms with Crippen LogP contribution in [0, 0.1) is 23.7 Å². The van der Waals surface area contributed by atoms with Crippen LogP contribution in [0.5, 0.6) is 5.75 Å². The van der Waals surface area contributed by atoms with E-state index in [0.29, 0.717) is 28.1 Å². The molecule has 0 aliphatic carbocycles. The summed E-state index contributed by atoms with van der Waals surface area (Å²) in [5.41, 5.74) is 0.410. The maximum atomic E-state index is 14.4. The standard InChI is InChI=1S/C29H30FN3O4/c1-18-11-12-19(13-21(18)22-16-32-25(29(4,5)30)14-20(22)15-31)26(34)33(6)23-9-7-8-10-24(23)37-17-28(2,3)27(35)36/h7-14,16H,17H2,1-6H3,(H,35,36). The Bertz CT molecular complexity index is 1390. The van der Waals surface area contributed by atoms with Gasteiger partial charge in [0.2, 0.25) is 0 Å². The summed E-state index contributed by atoms with van der Waals surface area (Å²) in [5, 5.41) is 19.1. The number of anilines is 1. The number of halogens is 1. The summed E-state index contributed by atoms with van der Waals surface area (Å²) < 4.78 is 20.2. The molecule has 192 valence electrons. The highest BCUT2D eigenvalue weighted by atomic mass is 19.1. The van der Waals surface area contributed by atoms with Crippen molar-refractivity contribution in [3.8, 4) is 22.9 Å². The first-order valence-electron chi connectivity index (χ1n) is 11.7. The molecule has 0 bridgehead atoms. The summed E-state index contributed by atoms with van der Waals surface area (Å²) in [5.74, 6) is -0.945. The first-order chi connectivity index (χ1) is 17.3. The van der Waals surface area contributed by atoms with Crippen molar-refractivity contribution in [1.82, 2.24) is 4.98 Å². The van der Waals surface area contributed by atoms with E-state index in [4.69, 9.17) is 4.74 Å². The van der Waals surface area contributed by atoms with Gasteiger partial charge in [0.15, 0.2) is 0 Å². The minimum Gasteiger partial charge on any atom is -0.490 e. The maximum Gasteiger partial charge on any atom is 0.312 e. The number of benzene rings is 2. The summed E-state index contributed by atoms with van der Waals surface area (Å²) in [6.07, 6.45) is 1.46. The van der Waals surface area contributed by atoms with Crippen LogP contribution in [0.25, 0.3) is 11.1 Å². The van der Waals surface area contributed by atoms with Crippen molar-refractivity contribution in [3.63, 3.8) is 0 Å². The lowest BCUT2D eigenvalue weighted by Gasteiger charge is -2.24. The predicted molar refractivity (Wildman–Crippen MR) is 139 cm³/mol. The van der Waals surface area contributed by atoms with E-state index in [1.165, 1.54) is 31.0 Å². The third-order valence-electron chi connectivity index (χ3n) is 6.11. The van der Waals surface area contributed by atoms with Gasteiger partial charge in [0, 0.05) is 24.4 Å². The Labute approximate surface area is 216 Å². The number of nitrogens with zero attached hydrogens (tertiary/aromatic N) is 3. The minimum absolute atomic E-state index is 0.0777. The molecule has 0 spiro atoms. The number of hydrogen-bond acceptors (Lipinski definition) is 5. The van der Waals surface area contributed by atoms with Crippen LogP contribution in [0.1, 0.15) is 54.9 Å². The van der Waals surface area contributed by atoms with Gasteiger partial charge in [-0.1, -0.05) is 18.2 Å². The van der Waals surface area contributed by atoms with E-state index < -0.39 is 17.1 Å². The van der Waals surface area contributed by atoms with Gasteiger partial charge >= 0.3 is 5.97 Å². The second-order valence-electron chi connectivity index (χ2n) is 10.0. The van der Waals surface area contributed by atoms with Crippen LogP contribution in [0.15, 0.2) is 54.7 Å². The lowest BCUT2D eigenvalue weighted by Crippen LogP contribution is -2.31. The van der Waals surface area contributed by atoms with Crippen LogP contribution < -0.4 is 9.64 Å². The fourth-order valence-electron chi connectivity index (χ4n) is 3.61. The largest absolute Gasteiger partial charge is 0.490 e. The number of carboxylic acids is 1. The van der Waals surface area contributed by atoms with Crippen molar-refractivity contribution < 1.29 is 23.8 Å². The van der Waals surface area contributed by atoms with Gasteiger partial charge in [-0.25, -0.2) is 4.39 Å². The van der Waals surface area contributed by atoms with Crippen LogP contribution in [-0.2, 0) is 10.5 Å². The number of nitriles is 1. The van der Waals surface area contributed by atoms with Crippen LogP contribution in [0.4, 0.5) is 10.1 Å². The smallest absolute Gasteiger partial charge is 0.312 e. The Morgan fingerprint density at radius 1 is 1.11 bits per heavy atom. The molecular weight excluding hydrogens is 473 g/mol. The quantitative estimate of drug-likeness (QED) is 0.411. The zero-order valence-corrected chi connectivity index (χ0v) is 21.8. The first-order valence-corrected chi connectivity index (χ1v) is 11.7. The average Bonchev–Trinajstić information content (AvgIpc) is 2.86. The molecule has 0 saturated carbocycles. The Balaban J connectivity index is 1.96. The molecule has 7 nitrogen and oxygen atoms in total. The third kappa shape index (κ3) is 5.95. The molecule has 1 N–H and O–H groups in total. The van der Waals surface area contributed by atoms with Gasteiger partial charge in [-0.05, 0) is 76.1 Å². The average molecular weight is 504 g/mol. The zero-order valence-electron chi connectivity index (χ0n) is 21.8. The zero-order chi connectivity index (χ0) is 27.5. The Morgan fingerprint density at radius 3 is 2.41 bits per heavy atom. The SMILES string of the molecule is Cc1ccc(C(=O)N(C)c2ccccc2OCC(C)(C)C(=O)O)cc1-c1cnc(C(C)(C)F)cc1C#N. The van der Waals surface area contributed by atoms with Crippen molar-refractivity contribution >= 4 is 17.6 Å². The van der Waals surface area contributed by atoms with E-state index in [1.54, 1.807) is 63.4 Å². The molecule has 0 aliphatic rings. The van der Waals surface area contributed by atoms with Crippen molar-refractivity contribution in [1.29, 1.82) is 5.26 Å². The molecule has 37 heavy (non-hydrogen) atoms. The van der Waals surface area contributed by atoms with E-state index in [1.807, 2.05) is 6.92 Å². The molecule has 1 aromatic heterocycles. The van der Waals surface area contributed by atoms with Crippen molar-refractivity contribution in [2.45, 2.75) is 40.3 Å². The van der Waals surface area contributed by atoms with Crippen LogP contribution >= 0.6 is 0 Å². The van der Waals surface area contributed by atoms with Gasteiger partial charge in [-0.2, -0.15) is 5.26 Å². The van der Waals surface area contributed by atoms with E-state index in [0.717, 1.165) is 5.56 Å². The molecule has 0 atom stereocenters. The monoisotopic (exact) mass is 503 g/mol. The Kier molecular flexibility index (Phi) is 7.68. The number of amides is 1. The number of aliphatic carboxylic acids is 1. The molecule has 0 fully saturated rings. The fraction of sp³-hybridized carbons (Fsp3) is 0.310. The fourth-order valence-corrected chi connectivity index (χ4v) is 3.61. The summed E-state index contributed by atoms with van der Waals surface area (Å²) in [6.45, 7) is 7.65. The number of aromatic nitrogens is 1. The molecular formula is C29H30FN3O4. The number of rotatable bonds is 8. The summed E-state index contributed by atoms with van der Waals surface area (Å²) in [7, 11) is 1.60. The molecule has 0 aliphatic heterocycles. The summed E-state index contributed by atoms with van der Waals surface area (Å²) >= 11 is 0. The maximum absolute atomic E-state index is 14.4. The van der Waals surface area contributed by atoms with Crippen molar-refractivity contribution in [2.75, 3.05) is 18.6 Å². The van der Waals surface area contributed by atoms with Gasteiger partial charge in [0.25, 0.3) is 5.91 Å². The third-order valence-corrected chi connectivity index (χ3v) is 6.11. The van der Waals surface area contributed by atoms with E-state index >= 15 is 0 Å². The lowest BCUT2D eigenvalue weighted by molar-refractivity contribution is -0.148. The number of carbonyl (C=O) groups is 2. The first kappa shape index (κ1) is 27.3. The Hall–Kier alpha value is -4.25. The van der Waals surface area contributed by atoms with E-state index in [-0.39, 0.29) is 23.8 Å².